The Bertz CT molecular complexity index is 257. The van der Waals surface area contributed by atoms with E-state index in [1.807, 2.05) is 0 Å². The molecule has 0 aromatic carbocycles. The highest BCUT2D eigenvalue weighted by Crippen LogP contribution is 2.17. The van der Waals surface area contributed by atoms with Crippen LogP contribution in [-0.4, -0.2) is 59.6 Å². The van der Waals surface area contributed by atoms with Gasteiger partial charge in [-0.05, 0) is 19.9 Å². The van der Waals surface area contributed by atoms with Crippen LogP contribution in [0.1, 0.15) is 33.1 Å². The Morgan fingerprint density at radius 1 is 1.47 bits per heavy atom. The van der Waals surface area contributed by atoms with Crippen molar-refractivity contribution in [1.29, 1.82) is 0 Å². The smallest absolute Gasteiger partial charge is 0.140 e. The van der Waals surface area contributed by atoms with Crippen LogP contribution in [0.15, 0.2) is 5.16 Å². The molecule has 2 atom stereocenters. The zero-order valence-corrected chi connectivity index (χ0v) is 11.3. The fraction of sp³-hybridized carbons (Fsp3) is 0.917. The van der Waals surface area contributed by atoms with Crippen LogP contribution in [0.4, 0.5) is 0 Å². The molecule has 1 rings (SSSR count). The molecule has 5 nitrogen and oxygen atoms in total. The molecule has 5 heteroatoms. The first-order valence-electron chi connectivity index (χ1n) is 6.53. The van der Waals surface area contributed by atoms with Gasteiger partial charge in [-0.25, -0.2) is 0 Å². The minimum absolute atomic E-state index is 0.337. The van der Waals surface area contributed by atoms with Crippen LogP contribution in [0, 0.1) is 0 Å². The molecule has 0 saturated carbocycles. The molecule has 0 aliphatic carbocycles. The summed E-state index contributed by atoms with van der Waals surface area (Å²) in [4.78, 5) is 4.90. The summed E-state index contributed by atoms with van der Waals surface area (Å²) < 4.78 is 0. The van der Waals surface area contributed by atoms with Gasteiger partial charge >= 0.3 is 0 Å². The molecule has 1 heterocycles. The first kappa shape index (κ1) is 14.3. The van der Waals surface area contributed by atoms with Gasteiger partial charge in [0, 0.05) is 38.1 Å². The molecule has 0 amide bonds. The Hall–Kier alpha value is -0.810. The Labute approximate surface area is 104 Å². The molecule has 100 valence electrons. The normalized spacial score (nSPS) is 26.1. The summed E-state index contributed by atoms with van der Waals surface area (Å²) in [6.07, 6.45) is 2.87. The number of amidine groups is 1. The molecule has 17 heavy (non-hydrogen) atoms. The Morgan fingerprint density at radius 3 is 2.71 bits per heavy atom. The number of nitrogens with two attached hydrogens (primary N) is 1. The van der Waals surface area contributed by atoms with E-state index < -0.39 is 0 Å². The van der Waals surface area contributed by atoms with Crippen LogP contribution in [0.3, 0.4) is 0 Å². The highest BCUT2D eigenvalue weighted by Gasteiger charge is 2.27. The lowest BCUT2D eigenvalue weighted by Crippen LogP contribution is -2.54. The average Bonchev–Trinajstić information content (AvgIpc) is 2.36. The number of rotatable bonds is 5. The zero-order chi connectivity index (χ0) is 12.8. The summed E-state index contributed by atoms with van der Waals surface area (Å²) in [5.41, 5.74) is 5.61. The summed E-state index contributed by atoms with van der Waals surface area (Å²) in [6, 6.07) is 1.03. The van der Waals surface area contributed by atoms with Crippen molar-refractivity contribution >= 4 is 5.84 Å². The van der Waals surface area contributed by atoms with Gasteiger partial charge in [-0.15, -0.1) is 0 Å². The van der Waals surface area contributed by atoms with Gasteiger partial charge in [0.05, 0.1) is 0 Å². The summed E-state index contributed by atoms with van der Waals surface area (Å²) in [5, 5.41) is 11.7. The van der Waals surface area contributed by atoms with Gasteiger partial charge in [-0.3, -0.25) is 4.90 Å². The average molecular weight is 242 g/mol. The number of piperazine rings is 1. The van der Waals surface area contributed by atoms with Gasteiger partial charge < -0.3 is 15.8 Å². The molecule has 1 aliphatic rings. The number of hydrogen-bond acceptors (Lipinski definition) is 4. The zero-order valence-electron chi connectivity index (χ0n) is 11.3. The van der Waals surface area contributed by atoms with Gasteiger partial charge in [-0.1, -0.05) is 19.0 Å². The summed E-state index contributed by atoms with van der Waals surface area (Å²) in [6.45, 7) is 7.66. The third kappa shape index (κ3) is 3.85. The van der Waals surface area contributed by atoms with Crippen molar-refractivity contribution in [3.05, 3.63) is 0 Å². The highest BCUT2D eigenvalue weighted by atomic mass is 16.4. The minimum Gasteiger partial charge on any atom is -0.409 e. The number of hydrogen-bond donors (Lipinski definition) is 2. The fourth-order valence-corrected chi connectivity index (χ4v) is 2.56. The highest BCUT2D eigenvalue weighted by molar-refractivity contribution is 5.80. The van der Waals surface area contributed by atoms with E-state index in [1.165, 1.54) is 6.42 Å². The van der Waals surface area contributed by atoms with Crippen molar-refractivity contribution in [1.82, 2.24) is 9.80 Å². The molecule has 0 aromatic heterocycles. The quantitative estimate of drug-likeness (QED) is 0.326. The van der Waals surface area contributed by atoms with Crippen LogP contribution in [-0.2, 0) is 0 Å². The predicted molar refractivity (Wildman–Crippen MR) is 70.4 cm³/mol. The maximum Gasteiger partial charge on any atom is 0.140 e. The van der Waals surface area contributed by atoms with Gasteiger partial charge in [0.15, 0.2) is 0 Å². The molecule has 0 bridgehead atoms. The molecular weight excluding hydrogens is 216 g/mol. The summed E-state index contributed by atoms with van der Waals surface area (Å²) >= 11 is 0. The third-order valence-corrected chi connectivity index (χ3v) is 3.84. The molecule has 0 spiro atoms. The fourth-order valence-electron chi connectivity index (χ4n) is 2.56. The van der Waals surface area contributed by atoms with Crippen LogP contribution in [0.2, 0.25) is 0 Å². The van der Waals surface area contributed by atoms with Crippen molar-refractivity contribution in [2.75, 3.05) is 26.7 Å². The maximum absolute atomic E-state index is 8.65. The van der Waals surface area contributed by atoms with Gasteiger partial charge in [0.25, 0.3) is 0 Å². The van der Waals surface area contributed by atoms with Crippen LogP contribution >= 0.6 is 0 Å². The lowest BCUT2D eigenvalue weighted by Gasteiger charge is -2.42. The predicted octanol–water partition coefficient (Wildman–Crippen LogP) is 0.928. The Morgan fingerprint density at radius 2 is 2.18 bits per heavy atom. The first-order chi connectivity index (χ1) is 8.12. The molecule has 1 saturated heterocycles. The summed E-state index contributed by atoms with van der Waals surface area (Å²) in [7, 11) is 2.19. The van der Waals surface area contributed by atoms with Crippen LogP contribution in [0.25, 0.3) is 0 Å². The van der Waals surface area contributed by atoms with Crippen molar-refractivity contribution in [3.63, 3.8) is 0 Å². The van der Waals surface area contributed by atoms with E-state index in [9.17, 15) is 0 Å². The molecule has 3 N–H and O–H groups in total. The van der Waals surface area contributed by atoms with E-state index in [0.717, 1.165) is 26.1 Å². The monoisotopic (exact) mass is 242 g/mol. The topological polar surface area (TPSA) is 65.1 Å². The van der Waals surface area contributed by atoms with Crippen molar-refractivity contribution < 1.29 is 5.21 Å². The summed E-state index contributed by atoms with van der Waals surface area (Å²) in [5.74, 6) is 0.337. The number of nitrogens with zero attached hydrogens (tertiary/aromatic N) is 3. The van der Waals surface area contributed by atoms with E-state index in [2.05, 4.69) is 35.9 Å². The van der Waals surface area contributed by atoms with E-state index in [-0.39, 0.29) is 0 Å². The molecular formula is C12H26N4O. The second-order valence-electron chi connectivity index (χ2n) is 4.90. The maximum atomic E-state index is 8.65. The number of likely N-dealkylation sites (N-methyl/N-ethyl adjacent to an activating group) is 1. The third-order valence-electron chi connectivity index (χ3n) is 3.84. The lowest BCUT2D eigenvalue weighted by molar-refractivity contribution is 0.0627. The second kappa shape index (κ2) is 6.81. The second-order valence-corrected chi connectivity index (χ2v) is 4.90. The van der Waals surface area contributed by atoms with E-state index in [1.54, 1.807) is 0 Å². The van der Waals surface area contributed by atoms with E-state index >= 15 is 0 Å². The van der Waals surface area contributed by atoms with E-state index in [0.29, 0.717) is 24.3 Å². The van der Waals surface area contributed by atoms with Gasteiger partial charge in [-0.2, -0.15) is 0 Å². The molecule has 0 aromatic rings. The number of oxime groups is 1. The van der Waals surface area contributed by atoms with Crippen molar-refractivity contribution in [2.24, 2.45) is 10.9 Å². The Balaban J connectivity index is 2.57. The van der Waals surface area contributed by atoms with Crippen molar-refractivity contribution in [2.45, 2.75) is 45.2 Å². The molecule has 2 unspecified atom stereocenters. The van der Waals surface area contributed by atoms with Gasteiger partial charge in [0.1, 0.15) is 5.84 Å². The van der Waals surface area contributed by atoms with Crippen molar-refractivity contribution in [3.8, 4) is 0 Å². The lowest BCUT2D eigenvalue weighted by atomic mass is 10.0. The standard InChI is InChI=1S/C12H26N4O/c1-4-10(8-12(13)14-17)16-7-6-15(3)11(5-2)9-16/h10-11,17H,4-9H2,1-3H3,(H2,13,14). The molecule has 1 fully saturated rings. The minimum atomic E-state index is 0.337. The first-order valence-corrected chi connectivity index (χ1v) is 6.53. The SMILES string of the molecule is CCC1CN(C(CC)CC(N)=NO)CCN1C. The van der Waals surface area contributed by atoms with E-state index in [4.69, 9.17) is 10.9 Å². The Kier molecular flexibility index (Phi) is 5.71. The molecule has 1 aliphatic heterocycles. The van der Waals surface area contributed by atoms with Gasteiger partial charge in [0.2, 0.25) is 0 Å². The van der Waals surface area contributed by atoms with Crippen LogP contribution < -0.4 is 5.73 Å². The largest absolute Gasteiger partial charge is 0.409 e. The van der Waals surface area contributed by atoms with Crippen LogP contribution in [0.5, 0.6) is 0 Å². The molecule has 0 radical (unpaired) electrons.